The summed E-state index contributed by atoms with van der Waals surface area (Å²) < 4.78 is 0. The van der Waals surface area contributed by atoms with Crippen molar-refractivity contribution >= 4 is 5.78 Å². The largest absolute Gasteiger partial charge is 0.318 e. The highest BCUT2D eigenvalue weighted by Gasteiger charge is 1.98. The van der Waals surface area contributed by atoms with E-state index in [4.69, 9.17) is 0 Å². The zero-order chi connectivity index (χ0) is 9.40. The second-order valence-corrected chi connectivity index (χ2v) is 3.21. The highest BCUT2D eigenvalue weighted by molar-refractivity contribution is 5.75. The summed E-state index contributed by atoms with van der Waals surface area (Å²) in [6.07, 6.45) is 1.69. The predicted octanol–water partition coefficient (Wildman–Crippen LogP) is 0.507. The van der Waals surface area contributed by atoms with Gasteiger partial charge < -0.3 is 15.0 Å². The Morgan fingerprint density at radius 1 is 1.42 bits per heavy atom. The van der Waals surface area contributed by atoms with E-state index in [0.717, 1.165) is 26.1 Å². The first-order valence-corrected chi connectivity index (χ1v) is 4.49. The molecule has 0 aliphatic carbocycles. The van der Waals surface area contributed by atoms with Crippen LogP contribution in [0.4, 0.5) is 0 Å². The molecular weight excluding hydrogens is 152 g/mol. The van der Waals surface area contributed by atoms with Crippen LogP contribution in [0.25, 0.3) is 0 Å². The van der Waals surface area contributed by atoms with Crippen molar-refractivity contribution in [2.45, 2.75) is 19.8 Å². The van der Waals surface area contributed by atoms with Crippen LogP contribution in [0.5, 0.6) is 0 Å². The number of nitrogens with zero attached hydrogens (tertiary/aromatic N) is 1. The standard InChI is InChI=1S/C9H20N2O/c1-9(12)5-4-7-11(3)8-6-10-2/h10H,4-8H2,1-3H3. The minimum Gasteiger partial charge on any atom is -0.318 e. The molecule has 0 bridgehead atoms. The summed E-state index contributed by atoms with van der Waals surface area (Å²) in [5.74, 6) is 0.289. The van der Waals surface area contributed by atoms with E-state index in [1.54, 1.807) is 6.92 Å². The zero-order valence-electron chi connectivity index (χ0n) is 8.39. The van der Waals surface area contributed by atoms with Gasteiger partial charge in [-0.1, -0.05) is 0 Å². The number of carbonyl (C=O) groups is 1. The summed E-state index contributed by atoms with van der Waals surface area (Å²) in [7, 11) is 4.03. The monoisotopic (exact) mass is 172 g/mol. The summed E-state index contributed by atoms with van der Waals surface area (Å²) in [6.45, 7) is 4.72. The quantitative estimate of drug-likeness (QED) is 0.607. The topological polar surface area (TPSA) is 32.3 Å². The van der Waals surface area contributed by atoms with Crippen LogP contribution in [-0.2, 0) is 4.79 Å². The van der Waals surface area contributed by atoms with Gasteiger partial charge in [-0.15, -0.1) is 0 Å². The Hall–Kier alpha value is -0.410. The number of hydrogen-bond acceptors (Lipinski definition) is 3. The van der Waals surface area contributed by atoms with E-state index in [1.807, 2.05) is 7.05 Å². The number of rotatable bonds is 7. The second-order valence-electron chi connectivity index (χ2n) is 3.21. The van der Waals surface area contributed by atoms with Gasteiger partial charge in [0, 0.05) is 19.5 Å². The molecule has 72 valence electrons. The summed E-state index contributed by atoms with van der Waals surface area (Å²) in [5.41, 5.74) is 0. The van der Waals surface area contributed by atoms with Crippen molar-refractivity contribution in [3.8, 4) is 0 Å². The van der Waals surface area contributed by atoms with Gasteiger partial charge in [0.15, 0.2) is 0 Å². The van der Waals surface area contributed by atoms with Crippen molar-refractivity contribution in [2.24, 2.45) is 0 Å². The Morgan fingerprint density at radius 3 is 2.58 bits per heavy atom. The lowest BCUT2D eigenvalue weighted by atomic mass is 10.2. The Labute approximate surface area is 75.1 Å². The van der Waals surface area contributed by atoms with E-state index in [2.05, 4.69) is 17.3 Å². The average Bonchev–Trinajstić information content (AvgIpc) is 2.00. The molecule has 0 heterocycles. The third kappa shape index (κ3) is 7.69. The van der Waals surface area contributed by atoms with E-state index in [1.165, 1.54) is 0 Å². The summed E-state index contributed by atoms with van der Waals surface area (Å²) in [5, 5.41) is 3.09. The van der Waals surface area contributed by atoms with Crippen LogP contribution in [-0.4, -0.2) is 44.4 Å². The molecule has 0 aromatic carbocycles. The molecule has 12 heavy (non-hydrogen) atoms. The minimum absolute atomic E-state index is 0.289. The Morgan fingerprint density at radius 2 is 2.08 bits per heavy atom. The highest BCUT2D eigenvalue weighted by Crippen LogP contribution is 1.92. The number of carbonyl (C=O) groups excluding carboxylic acids is 1. The number of hydrogen-bond donors (Lipinski definition) is 1. The minimum atomic E-state index is 0.289. The van der Waals surface area contributed by atoms with Crippen LogP contribution >= 0.6 is 0 Å². The fraction of sp³-hybridized carbons (Fsp3) is 0.889. The first kappa shape index (κ1) is 11.6. The third-order valence-corrected chi connectivity index (χ3v) is 1.81. The van der Waals surface area contributed by atoms with Gasteiger partial charge in [-0.2, -0.15) is 0 Å². The van der Waals surface area contributed by atoms with Gasteiger partial charge in [-0.25, -0.2) is 0 Å². The maximum atomic E-state index is 10.6. The number of Topliss-reactive ketones (excluding diaryl/α,β-unsaturated/α-hetero) is 1. The lowest BCUT2D eigenvalue weighted by Crippen LogP contribution is -2.28. The SMILES string of the molecule is CNCCN(C)CCCC(C)=O. The molecule has 3 heteroatoms. The van der Waals surface area contributed by atoms with E-state index in [0.29, 0.717) is 6.42 Å². The van der Waals surface area contributed by atoms with Gasteiger partial charge in [-0.05, 0) is 34.0 Å². The van der Waals surface area contributed by atoms with E-state index in [-0.39, 0.29) is 5.78 Å². The predicted molar refractivity (Wildman–Crippen MR) is 51.3 cm³/mol. The van der Waals surface area contributed by atoms with Crippen molar-refractivity contribution in [3.05, 3.63) is 0 Å². The molecule has 1 N–H and O–H groups in total. The molecule has 0 aromatic rings. The van der Waals surface area contributed by atoms with Crippen molar-refractivity contribution in [1.29, 1.82) is 0 Å². The summed E-state index contributed by atoms with van der Waals surface area (Å²) in [4.78, 5) is 12.8. The third-order valence-electron chi connectivity index (χ3n) is 1.81. The van der Waals surface area contributed by atoms with Crippen molar-refractivity contribution in [2.75, 3.05) is 33.7 Å². The zero-order valence-corrected chi connectivity index (χ0v) is 8.39. The van der Waals surface area contributed by atoms with Crippen LogP contribution in [0.1, 0.15) is 19.8 Å². The van der Waals surface area contributed by atoms with Gasteiger partial charge in [-0.3, -0.25) is 0 Å². The Kier molecular flexibility index (Phi) is 7.00. The number of ketones is 1. The molecule has 0 spiro atoms. The summed E-state index contributed by atoms with van der Waals surface area (Å²) in [6, 6.07) is 0. The molecule has 0 unspecified atom stereocenters. The molecule has 0 amide bonds. The van der Waals surface area contributed by atoms with Crippen molar-refractivity contribution in [1.82, 2.24) is 10.2 Å². The normalized spacial score (nSPS) is 10.7. The smallest absolute Gasteiger partial charge is 0.129 e. The fourth-order valence-electron chi connectivity index (χ4n) is 1.01. The molecule has 0 aliphatic rings. The van der Waals surface area contributed by atoms with Gasteiger partial charge in [0.1, 0.15) is 5.78 Å². The Balaban J connectivity index is 3.19. The molecule has 0 atom stereocenters. The molecule has 0 radical (unpaired) electrons. The summed E-state index contributed by atoms with van der Waals surface area (Å²) >= 11 is 0. The second kappa shape index (κ2) is 7.25. The van der Waals surface area contributed by atoms with E-state index in [9.17, 15) is 4.79 Å². The van der Waals surface area contributed by atoms with Gasteiger partial charge in [0.05, 0.1) is 0 Å². The molecular formula is C9H20N2O. The molecule has 0 saturated carbocycles. The van der Waals surface area contributed by atoms with Crippen LogP contribution in [0.15, 0.2) is 0 Å². The van der Waals surface area contributed by atoms with Crippen LogP contribution in [0.2, 0.25) is 0 Å². The van der Waals surface area contributed by atoms with Crippen LogP contribution < -0.4 is 5.32 Å². The first-order chi connectivity index (χ1) is 5.66. The van der Waals surface area contributed by atoms with Gasteiger partial charge >= 0.3 is 0 Å². The molecule has 0 aliphatic heterocycles. The van der Waals surface area contributed by atoms with E-state index >= 15 is 0 Å². The maximum absolute atomic E-state index is 10.6. The molecule has 3 nitrogen and oxygen atoms in total. The van der Waals surface area contributed by atoms with Gasteiger partial charge in [0.2, 0.25) is 0 Å². The van der Waals surface area contributed by atoms with Crippen molar-refractivity contribution < 1.29 is 4.79 Å². The highest BCUT2D eigenvalue weighted by atomic mass is 16.1. The van der Waals surface area contributed by atoms with Crippen LogP contribution in [0.3, 0.4) is 0 Å². The molecule has 0 rings (SSSR count). The molecule has 0 aromatic heterocycles. The van der Waals surface area contributed by atoms with Gasteiger partial charge in [0.25, 0.3) is 0 Å². The average molecular weight is 172 g/mol. The number of likely N-dealkylation sites (N-methyl/N-ethyl adjacent to an activating group) is 2. The molecule has 0 saturated heterocycles. The van der Waals surface area contributed by atoms with Crippen molar-refractivity contribution in [3.63, 3.8) is 0 Å². The fourth-order valence-corrected chi connectivity index (χ4v) is 1.01. The number of nitrogens with one attached hydrogen (secondary N) is 1. The maximum Gasteiger partial charge on any atom is 0.129 e. The van der Waals surface area contributed by atoms with Crippen LogP contribution in [0, 0.1) is 0 Å². The van der Waals surface area contributed by atoms with E-state index < -0.39 is 0 Å². The Bertz CT molecular complexity index is 126. The lowest BCUT2D eigenvalue weighted by molar-refractivity contribution is -0.117. The first-order valence-electron chi connectivity index (χ1n) is 4.49. The lowest BCUT2D eigenvalue weighted by Gasteiger charge is -2.15. The molecule has 0 fully saturated rings.